The number of piperidine rings is 1. The normalized spacial score (nSPS) is 18.5. The van der Waals surface area contributed by atoms with E-state index in [1.54, 1.807) is 17.0 Å². The van der Waals surface area contributed by atoms with E-state index in [0.29, 0.717) is 62.6 Å². The molecule has 3 aromatic heterocycles. The molecule has 5 heterocycles. The Morgan fingerprint density at radius 3 is 2.65 bits per heavy atom. The second kappa shape index (κ2) is 11.6. The van der Waals surface area contributed by atoms with E-state index in [-0.39, 0.29) is 35.4 Å². The van der Waals surface area contributed by atoms with E-state index in [1.165, 1.54) is 0 Å². The van der Waals surface area contributed by atoms with Crippen molar-refractivity contribution in [1.29, 1.82) is 0 Å². The number of likely N-dealkylation sites (tertiary alicyclic amines) is 1. The lowest BCUT2D eigenvalue weighted by molar-refractivity contribution is -0.143. The van der Waals surface area contributed by atoms with Gasteiger partial charge in [-0.15, -0.1) is 0 Å². The van der Waals surface area contributed by atoms with E-state index < -0.39 is 5.92 Å². The van der Waals surface area contributed by atoms with Crippen molar-refractivity contribution in [3.05, 3.63) is 69.5 Å². The highest BCUT2D eigenvalue weighted by atomic mass is 35.5. The second-order valence-corrected chi connectivity index (χ2v) is 13.5. The third-order valence-corrected chi connectivity index (χ3v) is 8.94. The minimum absolute atomic E-state index is 0.00317. The summed E-state index contributed by atoms with van der Waals surface area (Å²) in [7, 11) is 0. The van der Waals surface area contributed by atoms with Crippen molar-refractivity contribution in [3.63, 3.8) is 0 Å². The zero-order chi connectivity index (χ0) is 30.3. The largest absolute Gasteiger partial charge is 0.343 e. The van der Waals surface area contributed by atoms with Gasteiger partial charge in [-0.2, -0.15) is 5.10 Å². The summed E-state index contributed by atoms with van der Waals surface area (Å²) in [6.45, 7) is 8.49. The highest BCUT2D eigenvalue weighted by Crippen LogP contribution is 2.34. The van der Waals surface area contributed by atoms with Crippen molar-refractivity contribution >= 4 is 34.3 Å². The van der Waals surface area contributed by atoms with Crippen molar-refractivity contribution in [2.45, 2.75) is 65.5 Å². The monoisotopic (exact) mass is 603 g/mol. The average molecular weight is 604 g/mol. The Labute approximate surface area is 255 Å². The van der Waals surface area contributed by atoms with Crippen LogP contribution in [0.5, 0.6) is 0 Å². The van der Waals surface area contributed by atoms with Crippen LogP contribution in [-0.2, 0) is 22.6 Å². The van der Waals surface area contributed by atoms with Gasteiger partial charge in [0.1, 0.15) is 0 Å². The van der Waals surface area contributed by atoms with Gasteiger partial charge in [0.2, 0.25) is 11.8 Å². The first-order chi connectivity index (χ1) is 20.6. The molecule has 0 spiro atoms. The van der Waals surface area contributed by atoms with Crippen molar-refractivity contribution < 1.29 is 9.59 Å². The highest BCUT2D eigenvalue weighted by molar-refractivity contribution is 6.35. The molecule has 0 bridgehead atoms. The number of aromatic nitrogens is 5. The number of halogens is 1. The molecule has 1 atom stereocenters. The molecule has 0 unspecified atom stereocenters. The topological polar surface area (TPSA) is 120 Å². The standard InChI is InChI=1S/C32H38ClN7O3/c1-32(2,3)19-39-17-24-20(14-25(33)29-23(24)16-35-37-29)7-8-21(30(39)42)15-28(41)38-12-9-22(10-13-38)40-18-27(36-31(40)43)26-6-4-5-11-34-26/h4-6,11,14,16,18,21-22H,7-10,12-13,15,17,19H2,1-3H3,(H,35,37)(H,36,43)/t21-/m0/s1. The van der Waals surface area contributed by atoms with Gasteiger partial charge in [-0.1, -0.05) is 38.4 Å². The van der Waals surface area contributed by atoms with Gasteiger partial charge in [0, 0.05) is 62.3 Å². The molecule has 2 amide bonds. The molecule has 11 heteroatoms. The van der Waals surface area contributed by atoms with Crippen molar-refractivity contribution in [1.82, 2.24) is 34.5 Å². The number of aromatic amines is 2. The maximum atomic E-state index is 14.0. The summed E-state index contributed by atoms with van der Waals surface area (Å²) >= 11 is 6.58. The number of rotatable bonds is 5. The van der Waals surface area contributed by atoms with Crippen LogP contribution in [-0.4, -0.2) is 66.0 Å². The number of nitrogens with zero attached hydrogens (tertiary/aromatic N) is 5. The van der Waals surface area contributed by atoms with E-state index in [2.05, 4.69) is 40.9 Å². The Morgan fingerprint density at radius 1 is 1.14 bits per heavy atom. The number of H-pyrrole nitrogens is 2. The van der Waals surface area contributed by atoms with Crippen LogP contribution in [0.15, 0.2) is 47.7 Å². The molecular weight excluding hydrogens is 566 g/mol. The Morgan fingerprint density at radius 2 is 1.93 bits per heavy atom. The van der Waals surface area contributed by atoms with Crippen LogP contribution in [0, 0.1) is 11.3 Å². The zero-order valence-corrected chi connectivity index (χ0v) is 25.7. The number of fused-ring (bicyclic) bond motifs is 3. The minimum Gasteiger partial charge on any atom is -0.343 e. The summed E-state index contributed by atoms with van der Waals surface area (Å²) in [5.41, 5.74) is 4.08. The van der Waals surface area contributed by atoms with Gasteiger partial charge in [0.05, 0.1) is 28.1 Å². The number of hydrogen-bond acceptors (Lipinski definition) is 5. The molecule has 43 heavy (non-hydrogen) atoms. The smallest absolute Gasteiger partial charge is 0.326 e. The molecule has 2 aliphatic heterocycles. The fourth-order valence-corrected chi connectivity index (χ4v) is 6.81. The summed E-state index contributed by atoms with van der Waals surface area (Å²) in [5, 5.41) is 8.75. The zero-order valence-electron chi connectivity index (χ0n) is 24.9. The SMILES string of the molecule is CC(C)(C)CN1Cc2c(cc(Cl)c3[nH]ncc23)CC[C@@H](CC(=O)N2CCC(n3cc(-c4ccccn4)[nH]c3=O)CC2)C1=O. The Kier molecular flexibility index (Phi) is 7.89. The minimum atomic E-state index is -0.409. The summed E-state index contributed by atoms with van der Waals surface area (Å²) in [5.74, 6) is -0.392. The van der Waals surface area contributed by atoms with Crippen LogP contribution in [0.2, 0.25) is 5.02 Å². The molecule has 2 N–H and O–H groups in total. The lowest BCUT2D eigenvalue weighted by Gasteiger charge is -2.36. The van der Waals surface area contributed by atoms with E-state index >= 15 is 0 Å². The molecule has 6 rings (SSSR count). The lowest BCUT2D eigenvalue weighted by Crippen LogP contribution is -2.45. The van der Waals surface area contributed by atoms with Gasteiger partial charge >= 0.3 is 5.69 Å². The number of benzene rings is 1. The van der Waals surface area contributed by atoms with Gasteiger partial charge in [0.25, 0.3) is 0 Å². The molecule has 4 aromatic rings. The predicted octanol–water partition coefficient (Wildman–Crippen LogP) is 4.96. The molecule has 2 aliphatic rings. The summed E-state index contributed by atoms with van der Waals surface area (Å²) < 4.78 is 1.73. The fraction of sp³-hybridized carbons (Fsp3) is 0.469. The summed E-state index contributed by atoms with van der Waals surface area (Å²) in [4.78, 5) is 51.3. The number of amides is 2. The van der Waals surface area contributed by atoms with E-state index in [4.69, 9.17) is 11.6 Å². The number of pyridine rings is 1. The van der Waals surface area contributed by atoms with Crippen molar-refractivity contribution in [2.24, 2.45) is 11.3 Å². The van der Waals surface area contributed by atoms with E-state index in [1.807, 2.05) is 40.3 Å². The molecule has 0 aliphatic carbocycles. The third-order valence-electron chi connectivity index (χ3n) is 8.65. The average Bonchev–Trinajstić information content (AvgIpc) is 3.63. The van der Waals surface area contributed by atoms with Crippen LogP contribution >= 0.6 is 11.6 Å². The number of carbonyl (C=O) groups is 2. The van der Waals surface area contributed by atoms with Gasteiger partial charge in [-0.3, -0.25) is 24.2 Å². The number of aryl methyl sites for hydroxylation is 1. The van der Waals surface area contributed by atoms with Gasteiger partial charge in [0.15, 0.2) is 0 Å². The molecule has 0 radical (unpaired) electrons. The van der Waals surface area contributed by atoms with Crippen LogP contribution in [0.1, 0.15) is 63.6 Å². The molecule has 1 fully saturated rings. The Bertz CT molecular complexity index is 1690. The van der Waals surface area contributed by atoms with E-state index in [9.17, 15) is 14.4 Å². The summed E-state index contributed by atoms with van der Waals surface area (Å²) in [6, 6.07) is 7.56. The van der Waals surface area contributed by atoms with Crippen LogP contribution in [0.25, 0.3) is 22.3 Å². The Balaban J connectivity index is 1.15. The fourth-order valence-electron chi connectivity index (χ4n) is 6.53. The van der Waals surface area contributed by atoms with E-state index in [0.717, 1.165) is 27.7 Å². The quantitative estimate of drug-likeness (QED) is 0.334. The molecular formula is C32H38ClN7O3. The first kappa shape index (κ1) is 29.2. The molecule has 226 valence electrons. The van der Waals surface area contributed by atoms with Crippen molar-refractivity contribution in [2.75, 3.05) is 19.6 Å². The molecule has 1 saturated heterocycles. The number of hydrogen-bond donors (Lipinski definition) is 2. The molecule has 10 nitrogen and oxygen atoms in total. The van der Waals surface area contributed by atoms with Gasteiger partial charge < -0.3 is 14.8 Å². The maximum Gasteiger partial charge on any atom is 0.326 e. The van der Waals surface area contributed by atoms with Crippen molar-refractivity contribution in [3.8, 4) is 11.4 Å². The summed E-state index contributed by atoms with van der Waals surface area (Å²) in [6.07, 6.45) is 8.07. The van der Waals surface area contributed by atoms with Gasteiger partial charge in [-0.25, -0.2) is 4.79 Å². The first-order valence-corrected chi connectivity index (χ1v) is 15.4. The van der Waals surface area contributed by atoms with Gasteiger partial charge in [-0.05, 0) is 60.4 Å². The number of carbonyl (C=O) groups excluding carboxylic acids is 2. The van der Waals surface area contributed by atoms with Crippen LogP contribution in [0.3, 0.4) is 0 Å². The van der Waals surface area contributed by atoms with Crippen LogP contribution < -0.4 is 5.69 Å². The third kappa shape index (κ3) is 6.11. The predicted molar refractivity (Wildman–Crippen MR) is 166 cm³/mol. The molecule has 0 saturated carbocycles. The first-order valence-electron chi connectivity index (χ1n) is 15.0. The Hall–Kier alpha value is -3.92. The second-order valence-electron chi connectivity index (χ2n) is 13.1. The highest BCUT2D eigenvalue weighted by Gasteiger charge is 2.34. The van der Waals surface area contributed by atoms with Crippen LogP contribution in [0.4, 0.5) is 0 Å². The lowest BCUT2D eigenvalue weighted by atomic mass is 9.87. The number of nitrogens with one attached hydrogen (secondary N) is 2. The maximum absolute atomic E-state index is 14.0. The molecule has 1 aromatic carbocycles. The number of imidazole rings is 1.